The molecule has 124 valence electrons. The lowest BCUT2D eigenvalue weighted by molar-refractivity contribution is -0.160. The molecule has 0 radical (unpaired) electrons. The summed E-state index contributed by atoms with van der Waals surface area (Å²) in [5, 5.41) is 9.31. The zero-order chi connectivity index (χ0) is 16.7. The van der Waals surface area contributed by atoms with E-state index in [0.29, 0.717) is 12.8 Å². The number of allylic oxidation sites excluding steroid dienone is 1. The molecule has 0 saturated carbocycles. The molecule has 0 spiro atoms. The topological polar surface area (TPSA) is 63.6 Å². The summed E-state index contributed by atoms with van der Waals surface area (Å²) in [5.74, 6) is -2.73. The molecule has 4 nitrogen and oxygen atoms in total. The summed E-state index contributed by atoms with van der Waals surface area (Å²) >= 11 is 0. The van der Waals surface area contributed by atoms with E-state index < -0.39 is 23.8 Å². The van der Waals surface area contributed by atoms with E-state index in [1.165, 1.54) is 0 Å². The average Bonchev–Trinajstić information content (AvgIpc) is 2.59. The second-order valence-corrected chi connectivity index (χ2v) is 5.95. The fourth-order valence-corrected chi connectivity index (χ4v) is 2.92. The predicted octanol–water partition coefficient (Wildman–Crippen LogP) is 4.13. The molecular weight excluding hydrogens is 292 g/mol. The largest absolute Gasteiger partial charge is 0.481 e. The van der Waals surface area contributed by atoms with Crippen LogP contribution in [0.15, 0.2) is 42.5 Å². The molecule has 1 aliphatic rings. The molecule has 1 aromatic carbocycles. The maximum Gasteiger partial charge on any atom is 0.314 e. The van der Waals surface area contributed by atoms with Gasteiger partial charge in [0.2, 0.25) is 0 Å². The minimum Gasteiger partial charge on any atom is -0.481 e. The van der Waals surface area contributed by atoms with Gasteiger partial charge in [0.1, 0.15) is 6.10 Å². The van der Waals surface area contributed by atoms with Gasteiger partial charge in [0.25, 0.3) is 0 Å². The molecule has 0 heterocycles. The molecule has 1 aromatic rings. The van der Waals surface area contributed by atoms with Crippen LogP contribution in [0.4, 0.5) is 0 Å². The van der Waals surface area contributed by atoms with E-state index in [2.05, 4.69) is 6.92 Å². The van der Waals surface area contributed by atoms with Crippen LogP contribution in [0.3, 0.4) is 0 Å². The molecule has 0 bridgehead atoms. The molecule has 0 aliphatic heterocycles. The van der Waals surface area contributed by atoms with Gasteiger partial charge in [-0.15, -0.1) is 0 Å². The van der Waals surface area contributed by atoms with Crippen molar-refractivity contribution in [1.82, 2.24) is 0 Å². The van der Waals surface area contributed by atoms with E-state index in [-0.39, 0.29) is 6.10 Å². The quantitative estimate of drug-likeness (QED) is 0.607. The Balaban J connectivity index is 2.11. The Morgan fingerprint density at radius 3 is 2.70 bits per heavy atom. The summed E-state index contributed by atoms with van der Waals surface area (Å²) in [6.07, 6.45) is 7.14. The summed E-state index contributed by atoms with van der Waals surface area (Å²) in [5.41, 5.74) is 0.959. The molecule has 4 heteroatoms. The van der Waals surface area contributed by atoms with Crippen molar-refractivity contribution in [1.29, 1.82) is 0 Å². The molecule has 3 unspecified atom stereocenters. The number of aliphatic carboxylic acids is 1. The molecule has 0 fully saturated rings. The molecule has 1 N–H and O–H groups in total. The van der Waals surface area contributed by atoms with Crippen LogP contribution in [0.2, 0.25) is 0 Å². The minimum atomic E-state index is -0.930. The van der Waals surface area contributed by atoms with E-state index in [1.54, 1.807) is 6.08 Å². The highest BCUT2D eigenvalue weighted by atomic mass is 16.5. The highest BCUT2D eigenvalue weighted by Gasteiger charge is 2.35. The minimum absolute atomic E-state index is 0.312. The van der Waals surface area contributed by atoms with Crippen molar-refractivity contribution in [3.8, 4) is 0 Å². The van der Waals surface area contributed by atoms with Crippen LogP contribution < -0.4 is 0 Å². The summed E-state index contributed by atoms with van der Waals surface area (Å²) < 4.78 is 5.70. The van der Waals surface area contributed by atoms with E-state index in [4.69, 9.17) is 4.74 Å². The summed E-state index contributed by atoms with van der Waals surface area (Å²) in [7, 11) is 0. The standard InChI is InChI=1S/C19H24O4/c1-2-3-13-17(14-9-5-4-6-10-14)23-19(22)16-12-8-7-11-15(16)18(20)21/h4-6,8-10,12,15-17H,2-3,7,11,13H2,1H3,(H,20,21). The molecule has 1 aliphatic carbocycles. The Morgan fingerprint density at radius 1 is 1.30 bits per heavy atom. The number of unbranched alkanes of at least 4 members (excludes halogenated alkanes) is 1. The number of benzene rings is 1. The SMILES string of the molecule is CCCCC(OC(=O)C1C=CCCC1C(=O)O)c1ccccc1. The second kappa shape index (κ2) is 8.51. The van der Waals surface area contributed by atoms with Crippen molar-refractivity contribution < 1.29 is 19.4 Å². The van der Waals surface area contributed by atoms with Crippen LogP contribution in [-0.2, 0) is 14.3 Å². The fourth-order valence-electron chi connectivity index (χ4n) is 2.92. The van der Waals surface area contributed by atoms with Crippen molar-refractivity contribution in [2.75, 3.05) is 0 Å². The first-order valence-electron chi connectivity index (χ1n) is 8.28. The average molecular weight is 316 g/mol. The highest BCUT2D eigenvalue weighted by Crippen LogP contribution is 2.30. The zero-order valence-corrected chi connectivity index (χ0v) is 13.5. The van der Waals surface area contributed by atoms with Crippen LogP contribution in [0.25, 0.3) is 0 Å². The van der Waals surface area contributed by atoms with Crippen molar-refractivity contribution in [2.45, 2.75) is 45.1 Å². The van der Waals surface area contributed by atoms with Gasteiger partial charge >= 0.3 is 11.9 Å². The number of carbonyl (C=O) groups is 2. The molecule has 23 heavy (non-hydrogen) atoms. The monoisotopic (exact) mass is 316 g/mol. The van der Waals surface area contributed by atoms with Crippen molar-refractivity contribution in [3.05, 3.63) is 48.0 Å². The van der Waals surface area contributed by atoms with Crippen LogP contribution >= 0.6 is 0 Å². The first-order valence-corrected chi connectivity index (χ1v) is 8.28. The number of esters is 1. The molecule has 3 atom stereocenters. The fraction of sp³-hybridized carbons (Fsp3) is 0.474. The maximum absolute atomic E-state index is 12.5. The lowest BCUT2D eigenvalue weighted by atomic mass is 9.84. The molecule has 0 amide bonds. The molecule has 0 saturated heterocycles. The summed E-state index contributed by atoms with van der Waals surface area (Å²) in [6.45, 7) is 2.09. The van der Waals surface area contributed by atoms with Crippen LogP contribution in [0, 0.1) is 11.8 Å². The van der Waals surface area contributed by atoms with Gasteiger partial charge < -0.3 is 9.84 Å². The highest BCUT2D eigenvalue weighted by molar-refractivity contribution is 5.83. The smallest absolute Gasteiger partial charge is 0.314 e. The number of rotatable bonds is 7. The van der Waals surface area contributed by atoms with E-state index in [1.807, 2.05) is 36.4 Å². The van der Waals surface area contributed by atoms with E-state index in [0.717, 1.165) is 24.8 Å². The number of carboxylic acids is 1. The Morgan fingerprint density at radius 2 is 2.04 bits per heavy atom. The van der Waals surface area contributed by atoms with E-state index >= 15 is 0 Å². The van der Waals surface area contributed by atoms with Crippen molar-refractivity contribution >= 4 is 11.9 Å². The van der Waals surface area contributed by atoms with Gasteiger partial charge in [-0.05, 0) is 31.2 Å². The van der Waals surface area contributed by atoms with Crippen LogP contribution in [0.5, 0.6) is 0 Å². The number of carboxylic acid groups (broad SMARTS) is 1. The molecule has 0 aromatic heterocycles. The number of carbonyl (C=O) groups excluding carboxylic acids is 1. The van der Waals surface area contributed by atoms with Gasteiger partial charge in [-0.1, -0.05) is 55.8 Å². The van der Waals surface area contributed by atoms with Crippen molar-refractivity contribution in [2.24, 2.45) is 11.8 Å². The Bertz CT molecular complexity index is 550. The number of hydrogen-bond acceptors (Lipinski definition) is 3. The summed E-state index contributed by atoms with van der Waals surface area (Å²) in [4.78, 5) is 23.9. The first kappa shape index (κ1) is 17.3. The lowest BCUT2D eigenvalue weighted by Gasteiger charge is -2.26. The van der Waals surface area contributed by atoms with Gasteiger partial charge in [0, 0.05) is 0 Å². The van der Waals surface area contributed by atoms with E-state index in [9.17, 15) is 14.7 Å². The number of ether oxygens (including phenoxy) is 1. The second-order valence-electron chi connectivity index (χ2n) is 5.95. The number of hydrogen-bond donors (Lipinski definition) is 1. The lowest BCUT2D eigenvalue weighted by Crippen LogP contribution is -2.32. The van der Waals surface area contributed by atoms with Crippen LogP contribution in [-0.4, -0.2) is 17.0 Å². The Labute approximate surface area is 137 Å². The third-order valence-electron chi connectivity index (χ3n) is 4.26. The Kier molecular flexibility index (Phi) is 6.39. The first-order chi connectivity index (χ1) is 11.1. The summed E-state index contributed by atoms with van der Waals surface area (Å²) in [6, 6.07) is 9.65. The van der Waals surface area contributed by atoms with Gasteiger partial charge in [0.15, 0.2) is 0 Å². The van der Waals surface area contributed by atoms with Gasteiger partial charge in [-0.2, -0.15) is 0 Å². The maximum atomic E-state index is 12.5. The van der Waals surface area contributed by atoms with Crippen LogP contribution in [0.1, 0.15) is 50.7 Å². The zero-order valence-electron chi connectivity index (χ0n) is 13.5. The Hall–Kier alpha value is -2.10. The third kappa shape index (κ3) is 4.68. The third-order valence-corrected chi connectivity index (χ3v) is 4.26. The van der Waals surface area contributed by atoms with Gasteiger partial charge in [-0.25, -0.2) is 0 Å². The normalized spacial score (nSPS) is 21.6. The molecular formula is C19H24O4. The van der Waals surface area contributed by atoms with Gasteiger partial charge in [-0.3, -0.25) is 9.59 Å². The van der Waals surface area contributed by atoms with Gasteiger partial charge in [0.05, 0.1) is 11.8 Å². The molecule has 2 rings (SSSR count). The van der Waals surface area contributed by atoms with Crippen molar-refractivity contribution in [3.63, 3.8) is 0 Å². The predicted molar refractivity (Wildman–Crippen MR) is 87.8 cm³/mol.